The van der Waals surface area contributed by atoms with Crippen LogP contribution in [0.3, 0.4) is 0 Å². The van der Waals surface area contributed by atoms with Crippen LogP contribution in [-0.4, -0.2) is 128 Å². The Morgan fingerprint density at radius 1 is 0.276 bits per heavy atom. The average molecular weight is 694 g/mol. The molecule has 0 aromatic carbocycles. The molecule has 0 amide bonds. The minimum absolute atomic E-state index is 0. The molecule has 3 fully saturated rings. The molecule has 8 nitrogen and oxygen atoms in total. The standard InChI is InChI=1S/C18H42N8.3Ag/c1-2-20-8-14-26-17-11-23-5-3-21-9-15-25(13-7-19-1)16-10-22-4-6-24-12-18-26;;;/h19-24H,1-18H2;;;/q;3*+1. The topological polar surface area (TPSA) is 78.7 Å². The molecular weight excluding hydrogens is 652 g/mol. The molecule has 3 aliphatic rings. The third-order valence-electron chi connectivity index (χ3n) is 5.06. The summed E-state index contributed by atoms with van der Waals surface area (Å²) in [7, 11) is 0. The van der Waals surface area contributed by atoms with E-state index in [2.05, 4.69) is 41.7 Å². The molecule has 3 rings (SSSR count). The molecule has 6 N–H and O–H groups in total. The number of rotatable bonds is 0. The van der Waals surface area contributed by atoms with Gasteiger partial charge in [-0.1, -0.05) is 0 Å². The van der Waals surface area contributed by atoms with Gasteiger partial charge in [-0.3, -0.25) is 9.80 Å². The Morgan fingerprint density at radius 3 is 0.621 bits per heavy atom. The fourth-order valence-electron chi connectivity index (χ4n) is 3.37. The molecule has 3 heterocycles. The summed E-state index contributed by atoms with van der Waals surface area (Å²) in [5, 5.41) is 21.5. The van der Waals surface area contributed by atoms with Crippen molar-refractivity contribution >= 4 is 0 Å². The summed E-state index contributed by atoms with van der Waals surface area (Å²) in [6.45, 7) is 19.4. The molecule has 11 heteroatoms. The Labute approximate surface area is 225 Å². The van der Waals surface area contributed by atoms with Crippen molar-refractivity contribution < 1.29 is 67.1 Å². The van der Waals surface area contributed by atoms with Gasteiger partial charge in [-0.05, 0) is 0 Å². The number of hydrogen-bond acceptors (Lipinski definition) is 8. The summed E-state index contributed by atoms with van der Waals surface area (Å²) in [4.78, 5) is 5.12. The van der Waals surface area contributed by atoms with Crippen LogP contribution < -0.4 is 31.9 Å². The summed E-state index contributed by atoms with van der Waals surface area (Å²) in [5.41, 5.74) is 0. The smallest absolute Gasteiger partial charge is 0.314 e. The molecule has 2 bridgehead atoms. The average Bonchev–Trinajstić information content (AvgIpc) is 2.65. The Hall–Kier alpha value is 1.90. The molecule has 0 aliphatic carbocycles. The van der Waals surface area contributed by atoms with Gasteiger partial charge in [0, 0.05) is 118 Å². The first-order valence-corrected chi connectivity index (χ1v) is 10.6. The Balaban J connectivity index is 0. The van der Waals surface area contributed by atoms with Gasteiger partial charge in [0.25, 0.3) is 0 Å². The van der Waals surface area contributed by atoms with Crippen molar-refractivity contribution in [1.82, 2.24) is 41.7 Å². The second-order valence-corrected chi connectivity index (χ2v) is 7.18. The fourth-order valence-corrected chi connectivity index (χ4v) is 3.37. The number of nitrogens with one attached hydrogen (secondary N) is 6. The molecule has 0 atom stereocenters. The van der Waals surface area contributed by atoms with Gasteiger partial charge in [0.2, 0.25) is 0 Å². The van der Waals surface area contributed by atoms with Gasteiger partial charge in [-0.25, -0.2) is 0 Å². The van der Waals surface area contributed by atoms with Gasteiger partial charge in [0.05, 0.1) is 0 Å². The second kappa shape index (κ2) is 24.5. The first-order valence-electron chi connectivity index (χ1n) is 10.6. The monoisotopic (exact) mass is 691 g/mol. The van der Waals surface area contributed by atoms with Crippen LogP contribution >= 0.6 is 0 Å². The van der Waals surface area contributed by atoms with E-state index in [0.717, 1.165) is 118 Å². The van der Waals surface area contributed by atoms with E-state index < -0.39 is 0 Å². The zero-order chi connectivity index (χ0) is 18.1. The third-order valence-corrected chi connectivity index (χ3v) is 5.06. The Kier molecular flexibility index (Phi) is 28.0. The second-order valence-electron chi connectivity index (χ2n) is 7.18. The van der Waals surface area contributed by atoms with Gasteiger partial charge >= 0.3 is 67.1 Å². The van der Waals surface area contributed by atoms with Crippen molar-refractivity contribution in [3.63, 3.8) is 0 Å². The zero-order valence-electron chi connectivity index (χ0n) is 17.5. The molecule has 0 aromatic rings. The van der Waals surface area contributed by atoms with Crippen molar-refractivity contribution in [1.29, 1.82) is 0 Å². The van der Waals surface area contributed by atoms with Crippen molar-refractivity contribution in [2.24, 2.45) is 0 Å². The SMILES string of the molecule is C1CNCCN2CCNCCNCCN(CCN1)CCNCCNCC2.[Ag+].[Ag+].[Ag+]. The van der Waals surface area contributed by atoms with E-state index in [0.29, 0.717) is 0 Å². The molecule has 0 aromatic heterocycles. The predicted molar refractivity (Wildman–Crippen MR) is 110 cm³/mol. The summed E-state index contributed by atoms with van der Waals surface area (Å²) < 4.78 is 0. The van der Waals surface area contributed by atoms with Gasteiger partial charge in [0.1, 0.15) is 0 Å². The summed E-state index contributed by atoms with van der Waals surface area (Å²) in [6.07, 6.45) is 0. The molecule has 3 aliphatic heterocycles. The van der Waals surface area contributed by atoms with Gasteiger partial charge in [-0.2, -0.15) is 0 Å². The van der Waals surface area contributed by atoms with Crippen molar-refractivity contribution in [3.05, 3.63) is 0 Å². The maximum atomic E-state index is 3.58. The van der Waals surface area contributed by atoms with Crippen LogP contribution in [-0.2, 0) is 67.1 Å². The van der Waals surface area contributed by atoms with Crippen LogP contribution in [0.25, 0.3) is 0 Å². The van der Waals surface area contributed by atoms with Gasteiger partial charge in [-0.15, -0.1) is 0 Å². The van der Waals surface area contributed by atoms with Crippen LogP contribution in [0.15, 0.2) is 0 Å². The van der Waals surface area contributed by atoms with E-state index in [-0.39, 0.29) is 67.1 Å². The summed E-state index contributed by atoms with van der Waals surface area (Å²) >= 11 is 0. The quantitative estimate of drug-likeness (QED) is 0.152. The van der Waals surface area contributed by atoms with Gasteiger partial charge < -0.3 is 31.9 Å². The van der Waals surface area contributed by atoms with Crippen molar-refractivity contribution in [3.8, 4) is 0 Å². The molecule has 3 saturated heterocycles. The first-order chi connectivity index (χ1) is 12.9. The molecule has 0 saturated carbocycles. The van der Waals surface area contributed by atoms with E-state index in [4.69, 9.17) is 0 Å². The van der Waals surface area contributed by atoms with E-state index >= 15 is 0 Å². The fraction of sp³-hybridized carbons (Fsp3) is 1.00. The minimum Gasteiger partial charge on any atom is -0.314 e. The zero-order valence-corrected chi connectivity index (χ0v) is 22.0. The van der Waals surface area contributed by atoms with Crippen LogP contribution in [0, 0.1) is 0 Å². The van der Waals surface area contributed by atoms with Crippen LogP contribution in [0.5, 0.6) is 0 Å². The minimum atomic E-state index is 0. The van der Waals surface area contributed by atoms with E-state index in [9.17, 15) is 0 Å². The molecule has 29 heavy (non-hydrogen) atoms. The largest absolute Gasteiger partial charge is 1.00 e. The van der Waals surface area contributed by atoms with E-state index in [1.54, 1.807) is 0 Å². The predicted octanol–water partition coefficient (Wildman–Crippen LogP) is -2.85. The summed E-state index contributed by atoms with van der Waals surface area (Å²) in [6, 6.07) is 0. The van der Waals surface area contributed by atoms with Crippen LogP contribution in [0.4, 0.5) is 0 Å². The Bertz CT molecular complexity index is 254. The third kappa shape index (κ3) is 19.1. The maximum Gasteiger partial charge on any atom is 1.00 e. The van der Waals surface area contributed by atoms with Crippen LogP contribution in [0.1, 0.15) is 0 Å². The molecule has 184 valence electrons. The van der Waals surface area contributed by atoms with Gasteiger partial charge in [0.15, 0.2) is 0 Å². The maximum absolute atomic E-state index is 3.58. The molecular formula is C18H42Ag3N8+3. The van der Waals surface area contributed by atoms with Crippen LogP contribution in [0.2, 0.25) is 0 Å². The molecule has 0 spiro atoms. The first kappa shape index (κ1) is 33.1. The van der Waals surface area contributed by atoms with E-state index in [1.807, 2.05) is 0 Å². The Morgan fingerprint density at radius 2 is 0.448 bits per heavy atom. The summed E-state index contributed by atoms with van der Waals surface area (Å²) in [5.74, 6) is 0. The molecule has 0 radical (unpaired) electrons. The van der Waals surface area contributed by atoms with Crippen molar-refractivity contribution in [2.45, 2.75) is 0 Å². The number of nitrogens with zero attached hydrogens (tertiary/aromatic N) is 2. The number of fused-ring (bicyclic) bond motifs is 21. The number of hydrogen-bond donors (Lipinski definition) is 6. The van der Waals surface area contributed by atoms with E-state index in [1.165, 1.54) is 0 Å². The van der Waals surface area contributed by atoms with Crippen molar-refractivity contribution in [2.75, 3.05) is 118 Å². The molecule has 0 unspecified atom stereocenters. The normalized spacial score (nSPS) is 27.3.